The van der Waals surface area contributed by atoms with E-state index in [4.69, 9.17) is 0 Å². The maximum atomic E-state index is 12.0. The Hall–Kier alpha value is -1.19. The Balaban J connectivity index is 0.000000298. The molecule has 3 heterocycles. The van der Waals surface area contributed by atoms with E-state index >= 15 is 0 Å². The number of carbonyl (C=O) groups excluding carboxylic acids is 1. The second-order valence-corrected chi connectivity index (χ2v) is 13.7. The Kier molecular flexibility index (Phi) is 15.7. The van der Waals surface area contributed by atoms with Gasteiger partial charge in [0.25, 0.3) is 0 Å². The molecule has 1 N–H and O–H groups in total. The molecule has 4 aliphatic rings. The van der Waals surface area contributed by atoms with E-state index in [1.807, 2.05) is 32.7 Å². The molecule has 0 bridgehead atoms. The average Bonchev–Trinajstić information content (AvgIpc) is 3.68. The first-order valence-corrected chi connectivity index (χ1v) is 15.4. The summed E-state index contributed by atoms with van der Waals surface area (Å²) in [7, 11) is 8.45. The minimum atomic E-state index is -0.246. The van der Waals surface area contributed by atoms with Crippen molar-refractivity contribution in [3.05, 3.63) is 12.3 Å². The molecule has 4 fully saturated rings. The van der Waals surface area contributed by atoms with E-state index in [1.54, 1.807) is 0 Å². The van der Waals surface area contributed by atoms with Gasteiger partial charge in [0.2, 0.25) is 5.91 Å². The zero-order chi connectivity index (χ0) is 29.3. The summed E-state index contributed by atoms with van der Waals surface area (Å²) < 4.78 is 0. The maximum Gasteiger partial charge on any atom is 0.228 e. The third kappa shape index (κ3) is 12.4. The lowest BCUT2D eigenvalue weighted by atomic mass is 9.93. The fourth-order valence-corrected chi connectivity index (χ4v) is 5.71. The minimum absolute atomic E-state index is 0. The number of likely N-dealkylation sites (N-methyl/N-ethyl adjacent to an activating group) is 4. The fraction of sp³-hybridized carbons (Fsp3) is 0.906. The Bertz CT molecular complexity index is 742. The second-order valence-electron chi connectivity index (χ2n) is 13.7. The van der Waals surface area contributed by atoms with Gasteiger partial charge in [-0.05, 0) is 60.7 Å². The van der Waals surface area contributed by atoms with Gasteiger partial charge in [0.05, 0.1) is 0 Å². The van der Waals surface area contributed by atoms with Crippen LogP contribution in [0.15, 0.2) is 12.3 Å². The number of nitrogens with one attached hydrogen (secondary N) is 1. The Labute approximate surface area is 249 Å². The standard InChI is InChI=1S/C11H23N3.C11H22N2O.C9H18N2.CH4/c1-9-8-13(5)6-7-14(9)11(3)10(2)12-4;1-9-8-12(5)6-7-13(9)10(14)11(2,3)4;1-10-4-6-11(7-5-10)8-9-2-3-9;/h9,11-12H,2,6-8H2,1,3-5H3;9H,6-8H2,1-5H3;9H,2-8H2,1H3;1H4/t9-,11?;9-;;/m11../s1. The second kappa shape index (κ2) is 17.1. The molecular weight excluding hydrogens is 498 g/mol. The summed E-state index contributed by atoms with van der Waals surface area (Å²) >= 11 is 0. The van der Waals surface area contributed by atoms with Crippen LogP contribution in [-0.4, -0.2) is 154 Å². The first-order valence-electron chi connectivity index (χ1n) is 15.4. The third-order valence-corrected chi connectivity index (χ3v) is 8.75. The number of amides is 1. The molecule has 3 aliphatic heterocycles. The lowest BCUT2D eigenvalue weighted by Gasteiger charge is -2.42. The largest absolute Gasteiger partial charge is 0.391 e. The Morgan fingerprint density at radius 1 is 0.850 bits per heavy atom. The molecule has 8 nitrogen and oxygen atoms in total. The van der Waals surface area contributed by atoms with Crippen molar-refractivity contribution >= 4 is 5.91 Å². The van der Waals surface area contributed by atoms with Gasteiger partial charge >= 0.3 is 0 Å². The highest BCUT2D eigenvalue weighted by Gasteiger charge is 2.32. The van der Waals surface area contributed by atoms with E-state index in [9.17, 15) is 4.79 Å². The van der Waals surface area contributed by atoms with Crippen molar-refractivity contribution in [2.75, 3.05) is 100 Å². The van der Waals surface area contributed by atoms with Crippen molar-refractivity contribution in [1.82, 2.24) is 34.7 Å². The smallest absolute Gasteiger partial charge is 0.228 e. The lowest BCUT2D eigenvalue weighted by molar-refractivity contribution is -0.143. The molecule has 1 saturated carbocycles. The molecule has 1 unspecified atom stereocenters. The van der Waals surface area contributed by atoms with E-state index in [2.05, 4.69) is 78.3 Å². The van der Waals surface area contributed by atoms with Crippen molar-refractivity contribution in [3.63, 3.8) is 0 Å². The Morgan fingerprint density at radius 3 is 1.80 bits per heavy atom. The first-order chi connectivity index (χ1) is 18.2. The quantitative estimate of drug-likeness (QED) is 0.549. The van der Waals surface area contributed by atoms with E-state index in [-0.39, 0.29) is 18.7 Å². The van der Waals surface area contributed by atoms with Crippen LogP contribution in [0.25, 0.3) is 0 Å². The average molecular weight is 566 g/mol. The molecule has 0 aromatic heterocycles. The molecule has 8 heteroatoms. The molecule has 3 atom stereocenters. The molecule has 236 valence electrons. The summed E-state index contributed by atoms with van der Waals surface area (Å²) in [5.41, 5.74) is 0.867. The van der Waals surface area contributed by atoms with Crippen LogP contribution >= 0.6 is 0 Å². The maximum absolute atomic E-state index is 12.0. The van der Waals surface area contributed by atoms with E-state index in [1.165, 1.54) is 45.6 Å². The van der Waals surface area contributed by atoms with Crippen molar-refractivity contribution in [2.24, 2.45) is 11.3 Å². The van der Waals surface area contributed by atoms with Crippen LogP contribution in [-0.2, 0) is 4.79 Å². The topological polar surface area (TPSA) is 48.5 Å². The van der Waals surface area contributed by atoms with Gasteiger partial charge in [-0.25, -0.2) is 0 Å². The predicted octanol–water partition coefficient (Wildman–Crippen LogP) is 3.22. The highest BCUT2D eigenvalue weighted by atomic mass is 16.2. The van der Waals surface area contributed by atoms with Crippen molar-refractivity contribution in [3.8, 4) is 0 Å². The van der Waals surface area contributed by atoms with Gasteiger partial charge in [0.15, 0.2) is 0 Å². The summed E-state index contributed by atoms with van der Waals surface area (Å²) in [6.45, 7) is 29.4. The van der Waals surface area contributed by atoms with Crippen molar-refractivity contribution < 1.29 is 4.79 Å². The van der Waals surface area contributed by atoms with Crippen LogP contribution in [0.5, 0.6) is 0 Å². The van der Waals surface area contributed by atoms with Gasteiger partial charge in [-0.3, -0.25) is 9.69 Å². The monoisotopic (exact) mass is 566 g/mol. The predicted molar refractivity (Wildman–Crippen MR) is 173 cm³/mol. The fourth-order valence-electron chi connectivity index (χ4n) is 5.71. The molecule has 0 spiro atoms. The molecule has 0 radical (unpaired) electrons. The molecule has 4 rings (SSSR count). The van der Waals surface area contributed by atoms with E-state index in [0.29, 0.717) is 18.1 Å². The summed E-state index contributed by atoms with van der Waals surface area (Å²) in [6.07, 6.45) is 2.98. The number of rotatable bonds is 5. The van der Waals surface area contributed by atoms with Crippen LogP contribution in [0.1, 0.15) is 61.8 Å². The van der Waals surface area contributed by atoms with Gasteiger partial charge in [-0.1, -0.05) is 34.8 Å². The molecule has 0 aromatic carbocycles. The van der Waals surface area contributed by atoms with Crippen molar-refractivity contribution in [1.29, 1.82) is 0 Å². The normalized spacial score (nSPS) is 26.4. The number of piperazine rings is 3. The van der Waals surface area contributed by atoms with Gasteiger partial charge < -0.3 is 29.8 Å². The zero-order valence-corrected chi connectivity index (χ0v) is 27.3. The zero-order valence-electron chi connectivity index (χ0n) is 27.3. The van der Waals surface area contributed by atoms with Crippen LogP contribution in [0.3, 0.4) is 0 Å². The summed E-state index contributed by atoms with van der Waals surface area (Å²) in [4.78, 5) is 26.3. The summed E-state index contributed by atoms with van der Waals surface area (Å²) in [6, 6.07) is 1.40. The molecule has 40 heavy (non-hydrogen) atoms. The van der Waals surface area contributed by atoms with Gasteiger partial charge in [0.1, 0.15) is 0 Å². The molecule has 1 amide bonds. The number of hydrogen-bond acceptors (Lipinski definition) is 7. The van der Waals surface area contributed by atoms with E-state index < -0.39 is 0 Å². The van der Waals surface area contributed by atoms with Gasteiger partial charge in [0, 0.05) is 108 Å². The van der Waals surface area contributed by atoms with Crippen LogP contribution in [0, 0.1) is 11.3 Å². The lowest BCUT2D eigenvalue weighted by Crippen LogP contribution is -2.55. The minimum Gasteiger partial charge on any atom is -0.391 e. The summed E-state index contributed by atoms with van der Waals surface area (Å²) in [5, 5.41) is 3.14. The van der Waals surface area contributed by atoms with Crippen LogP contribution in [0.2, 0.25) is 0 Å². The number of nitrogens with zero attached hydrogens (tertiary/aromatic N) is 6. The number of carbonyl (C=O) groups is 1. The van der Waals surface area contributed by atoms with Crippen LogP contribution < -0.4 is 5.32 Å². The molecular formula is C32H67N7O. The number of hydrogen-bond donors (Lipinski definition) is 1. The third-order valence-electron chi connectivity index (χ3n) is 8.75. The SMILES string of the molecule is C.C=C(NC)C(C)N1CCN(C)C[C@H]1C.CN1CCN(CC2CC2)CC1.C[C@@H]1CN(C)CCN1C(=O)C(C)(C)C. The highest BCUT2D eigenvalue weighted by molar-refractivity contribution is 5.81. The molecule has 1 aliphatic carbocycles. The van der Waals surface area contributed by atoms with Gasteiger partial charge in [-0.2, -0.15) is 0 Å². The molecule has 3 saturated heterocycles. The highest BCUT2D eigenvalue weighted by Crippen LogP contribution is 2.29. The summed E-state index contributed by atoms with van der Waals surface area (Å²) in [5.74, 6) is 1.34. The first kappa shape index (κ1) is 36.8. The van der Waals surface area contributed by atoms with Gasteiger partial charge in [-0.15, -0.1) is 0 Å². The van der Waals surface area contributed by atoms with Crippen LogP contribution in [0.4, 0.5) is 0 Å². The van der Waals surface area contributed by atoms with Crippen molar-refractivity contribution in [2.45, 2.75) is 79.9 Å². The van der Waals surface area contributed by atoms with E-state index in [0.717, 1.165) is 50.9 Å². The Morgan fingerprint density at radius 2 is 1.35 bits per heavy atom. The molecule has 0 aromatic rings.